The molecule has 1 saturated heterocycles. The first-order chi connectivity index (χ1) is 12.3. The van der Waals surface area contributed by atoms with Crippen LogP contribution in [0.1, 0.15) is 16.4 Å². The van der Waals surface area contributed by atoms with Gasteiger partial charge < -0.3 is 9.64 Å². The molecule has 0 amide bonds. The molecule has 3 nitrogen and oxygen atoms in total. The SMILES string of the molecule is Br.CN1CCN(CCSC2Cc3ccccc3Oc3ccccc32)CC1. The Morgan fingerprint density at radius 2 is 1.65 bits per heavy atom. The lowest BCUT2D eigenvalue weighted by Crippen LogP contribution is -2.45. The third-order valence-electron chi connectivity index (χ3n) is 5.19. The van der Waals surface area contributed by atoms with Crippen LogP contribution in [-0.4, -0.2) is 55.3 Å². The van der Waals surface area contributed by atoms with Gasteiger partial charge >= 0.3 is 0 Å². The molecule has 0 aliphatic carbocycles. The molecule has 2 aromatic carbocycles. The molecule has 1 unspecified atom stereocenters. The summed E-state index contributed by atoms with van der Waals surface area (Å²) < 4.78 is 6.21. The molecule has 2 aliphatic rings. The summed E-state index contributed by atoms with van der Waals surface area (Å²) in [6.07, 6.45) is 1.04. The first kappa shape index (κ1) is 19.7. The predicted octanol–water partition coefficient (Wildman–Crippen LogP) is 4.63. The van der Waals surface area contributed by atoms with Crippen LogP contribution in [0.4, 0.5) is 0 Å². The van der Waals surface area contributed by atoms with Crippen LogP contribution in [0.5, 0.6) is 11.5 Å². The summed E-state index contributed by atoms with van der Waals surface area (Å²) in [5.74, 6) is 3.20. The van der Waals surface area contributed by atoms with E-state index in [1.165, 1.54) is 49.6 Å². The van der Waals surface area contributed by atoms with E-state index in [1.54, 1.807) is 0 Å². The summed E-state index contributed by atoms with van der Waals surface area (Å²) in [5.41, 5.74) is 2.65. The van der Waals surface area contributed by atoms with Crippen molar-refractivity contribution in [1.29, 1.82) is 0 Å². The van der Waals surface area contributed by atoms with Crippen molar-refractivity contribution >= 4 is 28.7 Å². The number of ether oxygens (including phenoxy) is 1. The number of fused-ring (bicyclic) bond motifs is 2. The minimum absolute atomic E-state index is 0. The molecule has 1 atom stereocenters. The number of benzene rings is 2. The van der Waals surface area contributed by atoms with Gasteiger partial charge in [-0.15, -0.1) is 17.0 Å². The first-order valence-corrected chi connectivity index (χ1v) is 10.2. The van der Waals surface area contributed by atoms with Gasteiger partial charge in [0.05, 0.1) is 0 Å². The van der Waals surface area contributed by atoms with Crippen molar-refractivity contribution in [3.05, 3.63) is 59.7 Å². The van der Waals surface area contributed by atoms with E-state index in [0.717, 1.165) is 17.9 Å². The summed E-state index contributed by atoms with van der Waals surface area (Å²) in [6.45, 7) is 5.96. The average Bonchev–Trinajstić information content (AvgIpc) is 2.80. The fourth-order valence-electron chi connectivity index (χ4n) is 3.58. The van der Waals surface area contributed by atoms with Gasteiger partial charge in [0.2, 0.25) is 0 Å². The van der Waals surface area contributed by atoms with Crippen LogP contribution in [-0.2, 0) is 6.42 Å². The highest BCUT2D eigenvalue weighted by Crippen LogP contribution is 2.44. The summed E-state index contributed by atoms with van der Waals surface area (Å²) in [7, 11) is 2.21. The molecule has 0 radical (unpaired) electrons. The lowest BCUT2D eigenvalue weighted by Gasteiger charge is -2.32. The van der Waals surface area contributed by atoms with Crippen molar-refractivity contribution in [2.24, 2.45) is 0 Å². The van der Waals surface area contributed by atoms with E-state index in [-0.39, 0.29) is 17.0 Å². The third-order valence-corrected chi connectivity index (χ3v) is 6.43. The fourth-order valence-corrected chi connectivity index (χ4v) is 4.90. The van der Waals surface area contributed by atoms with Crippen molar-refractivity contribution in [1.82, 2.24) is 9.80 Å². The smallest absolute Gasteiger partial charge is 0.131 e. The van der Waals surface area contributed by atoms with Crippen molar-refractivity contribution in [3.63, 3.8) is 0 Å². The quantitative estimate of drug-likeness (QED) is 0.696. The molecular formula is C21H27BrN2OS. The van der Waals surface area contributed by atoms with E-state index >= 15 is 0 Å². The van der Waals surface area contributed by atoms with Crippen molar-refractivity contribution in [2.45, 2.75) is 11.7 Å². The van der Waals surface area contributed by atoms with Gasteiger partial charge in [-0.25, -0.2) is 0 Å². The minimum atomic E-state index is 0. The monoisotopic (exact) mass is 434 g/mol. The Labute approximate surface area is 171 Å². The van der Waals surface area contributed by atoms with Crippen LogP contribution >= 0.6 is 28.7 Å². The van der Waals surface area contributed by atoms with Crippen LogP contribution in [0.25, 0.3) is 0 Å². The molecule has 0 saturated carbocycles. The standard InChI is InChI=1S/C21H26N2OS.BrH/c1-22-10-12-23(13-11-22)14-15-25-21-16-17-6-2-4-8-19(17)24-20-9-5-3-7-18(20)21;/h2-9,21H,10-16H2,1H3;1H. The molecule has 2 heterocycles. The molecule has 140 valence electrons. The maximum Gasteiger partial charge on any atom is 0.131 e. The van der Waals surface area contributed by atoms with E-state index in [9.17, 15) is 0 Å². The highest BCUT2D eigenvalue weighted by molar-refractivity contribution is 8.93. The predicted molar refractivity (Wildman–Crippen MR) is 116 cm³/mol. The third kappa shape index (κ3) is 4.63. The number of thioether (sulfide) groups is 1. The van der Waals surface area contributed by atoms with E-state index in [1.807, 2.05) is 0 Å². The minimum Gasteiger partial charge on any atom is -0.457 e. The van der Waals surface area contributed by atoms with Gasteiger partial charge in [-0.05, 0) is 31.2 Å². The number of piperazine rings is 1. The molecular weight excluding hydrogens is 408 g/mol. The molecule has 0 bridgehead atoms. The number of hydrogen-bond donors (Lipinski definition) is 0. The summed E-state index contributed by atoms with van der Waals surface area (Å²) >= 11 is 2.08. The zero-order valence-electron chi connectivity index (χ0n) is 15.3. The van der Waals surface area contributed by atoms with Crippen LogP contribution < -0.4 is 4.74 Å². The second kappa shape index (κ2) is 9.27. The molecule has 1 fully saturated rings. The highest BCUT2D eigenvalue weighted by Gasteiger charge is 2.23. The molecule has 0 aromatic heterocycles. The molecule has 2 aliphatic heterocycles. The van der Waals surface area contributed by atoms with Gasteiger partial charge in [0.25, 0.3) is 0 Å². The fraction of sp³-hybridized carbons (Fsp3) is 0.429. The van der Waals surface area contributed by atoms with Crippen LogP contribution in [0.3, 0.4) is 0 Å². The number of para-hydroxylation sites is 2. The summed E-state index contributed by atoms with van der Waals surface area (Å²) in [4.78, 5) is 5.01. The normalized spacial score (nSPS) is 20.3. The van der Waals surface area contributed by atoms with Gasteiger partial charge in [0.1, 0.15) is 11.5 Å². The Kier molecular flexibility index (Phi) is 7.04. The molecule has 4 rings (SSSR count). The van der Waals surface area contributed by atoms with Crippen molar-refractivity contribution < 1.29 is 4.74 Å². The molecule has 0 N–H and O–H groups in total. The molecule has 0 spiro atoms. The molecule has 5 heteroatoms. The van der Waals surface area contributed by atoms with Crippen molar-refractivity contribution in [2.75, 3.05) is 45.5 Å². The Hall–Kier alpha value is -1.01. The lowest BCUT2D eigenvalue weighted by molar-refractivity contribution is 0.161. The Morgan fingerprint density at radius 3 is 2.46 bits per heavy atom. The van der Waals surface area contributed by atoms with Gasteiger partial charge in [-0.3, -0.25) is 4.90 Å². The number of nitrogens with zero attached hydrogens (tertiary/aromatic N) is 2. The Morgan fingerprint density at radius 1 is 0.962 bits per heavy atom. The maximum atomic E-state index is 6.21. The number of halogens is 1. The summed E-state index contributed by atoms with van der Waals surface area (Å²) in [5, 5.41) is 0.465. The van der Waals surface area contributed by atoms with Gasteiger partial charge in [-0.1, -0.05) is 36.4 Å². The number of likely N-dealkylation sites (N-methyl/N-ethyl adjacent to an activating group) is 1. The van der Waals surface area contributed by atoms with Gasteiger partial charge in [-0.2, -0.15) is 11.8 Å². The second-order valence-electron chi connectivity index (χ2n) is 6.96. The summed E-state index contributed by atoms with van der Waals surface area (Å²) in [6, 6.07) is 17.0. The molecule has 26 heavy (non-hydrogen) atoms. The van der Waals surface area contributed by atoms with E-state index in [0.29, 0.717) is 5.25 Å². The van der Waals surface area contributed by atoms with Crippen LogP contribution in [0, 0.1) is 0 Å². The largest absolute Gasteiger partial charge is 0.457 e. The Bertz CT molecular complexity index is 719. The van der Waals surface area contributed by atoms with Crippen LogP contribution in [0.15, 0.2) is 48.5 Å². The van der Waals surface area contributed by atoms with Gasteiger partial charge in [0.15, 0.2) is 0 Å². The topological polar surface area (TPSA) is 15.7 Å². The zero-order chi connectivity index (χ0) is 17.1. The van der Waals surface area contributed by atoms with E-state index in [2.05, 4.69) is 77.1 Å². The van der Waals surface area contributed by atoms with Crippen LogP contribution in [0.2, 0.25) is 0 Å². The number of rotatable bonds is 4. The van der Waals surface area contributed by atoms with E-state index < -0.39 is 0 Å². The van der Waals surface area contributed by atoms with Crippen molar-refractivity contribution in [3.8, 4) is 11.5 Å². The Balaban J connectivity index is 0.00000196. The maximum absolute atomic E-state index is 6.21. The first-order valence-electron chi connectivity index (χ1n) is 9.17. The number of hydrogen-bond acceptors (Lipinski definition) is 4. The second-order valence-corrected chi connectivity index (χ2v) is 8.27. The lowest BCUT2D eigenvalue weighted by atomic mass is 10.0. The van der Waals surface area contributed by atoms with E-state index in [4.69, 9.17) is 4.74 Å². The zero-order valence-corrected chi connectivity index (χ0v) is 17.8. The highest BCUT2D eigenvalue weighted by atomic mass is 79.9. The average molecular weight is 435 g/mol. The molecule has 2 aromatic rings. The van der Waals surface area contributed by atoms with Gasteiger partial charge in [0, 0.05) is 49.3 Å².